The Kier molecular flexibility index (Phi) is 5.19. The first kappa shape index (κ1) is 16.7. The minimum absolute atomic E-state index is 0.578. The first-order valence-electron chi connectivity index (χ1n) is 9.27. The van der Waals surface area contributed by atoms with E-state index < -0.39 is 0 Å². The Morgan fingerprint density at radius 1 is 0.962 bits per heavy atom. The predicted octanol–water partition coefficient (Wildman–Crippen LogP) is 4.29. The summed E-state index contributed by atoms with van der Waals surface area (Å²) in [4.78, 5) is 8.61. The fraction of sp³-hybridized carbons (Fsp3) is 0.400. The smallest absolute Gasteiger partial charge is 0.163 e. The molecule has 1 aliphatic heterocycles. The lowest BCUT2D eigenvalue weighted by molar-refractivity contribution is 0.171. The summed E-state index contributed by atoms with van der Waals surface area (Å²) >= 11 is 0. The molecule has 2 aliphatic rings. The predicted molar refractivity (Wildman–Crippen MR) is 102 cm³/mol. The molecule has 0 fully saturated rings. The molecule has 0 unspecified atom stereocenters. The molecule has 6 nitrogen and oxygen atoms in total. The highest BCUT2D eigenvalue weighted by atomic mass is 16.6. The summed E-state index contributed by atoms with van der Waals surface area (Å²) < 4.78 is 11.2. The number of nitrogens with zero attached hydrogens (tertiary/aromatic N) is 2. The van der Waals surface area contributed by atoms with Crippen molar-refractivity contribution in [2.75, 3.05) is 30.4 Å². The van der Waals surface area contributed by atoms with Gasteiger partial charge in [-0.15, -0.1) is 0 Å². The Balaban J connectivity index is 1.35. The monoisotopic (exact) mass is 352 g/mol. The maximum Gasteiger partial charge on any atom is 0.163 e. The van der Waals surface area contributed by atoms with Gasteiger partial charge in [0.15, 0.2) is 11.5 Å². The number of benzene rings is 1. The van der Waals surface area contributed by atoms with Gasteiger partial charge in [0.1, 0.15) is 31.2 Å². The second-order valence-electron chi connectivity index (χ2n) is 6.56. The van der Waals surface area contributed by atoms with E-state index in [2.05, 4.69) is 26.7 Å². The maximum atomic E-state index is 5.62. The Hall–Kier alpha value is -2.76. The van der Waals surface area contributed by atoms with E-state index in [0.29, 0.717) is 13.2 Å². The first-order valence-corrected chi connectivity index (χ1v) is 9.27. The molecule has 4 rings (SSSR count). The van der Waals surface area contributed by atoms with Crippen molar-refractivity contribution in [1.82, 2.24) is 9.97 Å². The van der Waals surface area contributed by atoms with E-state index in [9.17, 15) is 0 Å². The molecule has 1 aromatic heterocycles. The van der Waals surface area contributed by atoms with Crippen molar-refractivity contribution >= 4 is 17.3 Å². The van der Waals surface area contributed by atoms with Crippen molar-refractivity contribution in [3.63, 3.8) is 0 Å². The molecule has 0 saturated carbocycles. The van der Waals surface area contributed by atoms with Gasteiger partial charge in [0.25, 0.3) is 0 Å². The van der Waals surface area contributed by atoms with Crippen molar-refractivity contribution in [1.29, 1.82) is 0 Å². The molecule has 1 aliphatic carbocycles. The van der Waals surface area contributed by atoms with Crippen LogP contribution in [0.4, 0.5) is 17.3 Å². The highest BCUT2D eigenvalue weighted by Crippen LogP contribution is 2.33. The summed E-state index contributed by atoms with van der Waals surface area (Å²) in [6, 6.07) is 7.72. The van der Waals surface area contributed by atoms with Crippen LogP contribution in [-0.4, -0.2) is 29.7 Å². The van der Waals surface area contributed by atoms with E-state index in [1.807, 2.05) is 24.3 Å². The number of aromatic nitrogens is 2. The lowest BCUT2D eigenvalue weighted by Gasteiger charge is -2.19. The largest absolute Gasteiger partial charge is 0.486 e. The molecule has 136 valence electrons. The van der Waals surface area contributed by atoms with Crippen molar-refractivity contribution in [3.05, 3.63) is 42.2 Å². The average molecular weight is 352 g/mol. The number of allylic oxidation sites excluding steroid dienone is 1. The number of fused-ring (bicyclic) bond motifs is 1. The van der Waals surface area contributed by atoms with Gasteiger partial charge in [0, 0.05) is 24.4 Å². The normalized spacial score (nSPS) is 15.9. The quantitative estimate of drug-likeness (QED) is 0.756. The Morgan fingerprint density at radius 2 is 1.85 bits per heavy atom. The van der Waals surface area contributed by atoms with Crippen molar-refractivity contribution in [3.8, 4) is 11.5 Å². The molecular weight excluding hydrogens is 328 g/mol. The van der Waals surface area contributed by atoms with Crippen LogP contribution in [0.1, 0.15) is 32.1 Å². The number of nitrogens with one attached hydrogen (secondary N) is 2. The van der Waals surface area contributed by atoms with E-state index in [1.165, 1.54) is 25.7 Å². The molecule has 0 saturated heterocycles. The van der Waals surface area contributed by atoms with Crippen LogP contribution in [0.25, 0.3) is 0 Å². The van der Waals surface area contributed by atoms with Crippen LogP contribution in [0.15, 0.2) is 42.2 Å². The van der Waals surface area contributed by atoms with Crippen molar-refractivity contribution in [2.24, 2.45) is 0 Å². The highest BCUT2D eigenvalue weighted by molar-refractivity contribution is 5.63. The molecule has 0 spiro atoms. The Labute approximate surface area is 153 Å². The summed E-state index contributed by atoms with van der Waals surface area (Å²) in [5.74, 6) is 3.12. The van der Waals surface area contributed by atoms with Gasteiger partial charge in [-0.1, -0.05) is 11.6 Å². The van der Waals surface area contributed by atoms with Crippen LogP contribution in [0.3, 0.4) is 0 Å². The highest BCUT2D eigenvalue weighted by Gasteiger charge is 2.12. The molecular formula is C20H24N4O2. The summed E-state index contributed by atoms with van der Waals surface area (Å²) in [5, 5.41) is 6.69. The number of rotatable bonds is 6. The third-order valence-electron chi connectivity index (χ3n) is 4.62. The lowest BCUT2D eigenvalue weighted by atomic mass is 9.97. The zero-order chi connectivity index (χ0) is 17.6. The average Bonchev–Trinajstić information content (AvgIpc) is 2.69. The third kappa shape index (κ3) is 4.25. The van der Waals surface area contributed by atoms with Gasteiger partial charge in [-0.05, 0) is 44.2 Å². The number of ether oxygens (including phenoxy) is 2. The minimum Gasteiger partial charge on any atom is -0.486 e. The second-order valence-corrected chi connectivity index (χ2v) is 6.56. The summed E-state index contributed by atoms with van der Waals surface area (Å²) in [5.41, 5.74) is 2.47. The summed E-state index contributed by atoms with van der Waals surface area (Å²) in [6.07, 6.45) is 10.2. The molecule has 0 amide bonds. The molecule has 0 radical (unpaired) electrons. The second kappa shape index (κ2) is 8.08. The van der Waals surface area contributed by atoms with Crippen LogP contribution < -0.4 is 20.1 Å². The van der Waals surface area contributed by atoms with E-state index in [4.69, 9.17) is 9.47 Å². The standard InChI is InChI=1S/C20H24N4O2/c1-2-4-15(5-3-1)8-9-21-19-13-20(23-14-22-19)24-16-6-7-17-18(12-16)26-11-10-25-17/h4,6-7,12-14H,1-3,5,8-11H2,(H2,21,22,23,24). The van der Waals surface area contributed by atoms with Crippen LogP contribution in [0.5, 0.6) is 11.5 Å². The van der Waals surface area contributed by atoms with Gasteiger partial charge in [0.2, 0.25) is 0 Å². The fourth-order valence-corrected chi connectivity index (χ4v) is 3.27. The maximum absolute atomic E-state index is 5.62. The van der Waals surface area contributed by atoms with Crippen LogP contribution >= 0.6 is 0 Å². The van der Waals surface area contributed by atoms with Gasteiger partial charge in [-0.25, -0.2) is 9.97 Å². The topological polar surface area (TPSA) is 68.3 Å². The number of hydrogen-bond donors (Lipinski definition) is 2. The van der Waals surface area contributed by atoms with Gasteiger partial charge >= 0.3 is 0 Å². The van der Waals surface area contributed by atoms with Gasteiger partial charge < -0.3 is 20.1 Å². The molecule has 0 atom stereocenters. The van der Waals surface area contributed by atoms with Gasteiger partial charge in [-0.2, -0.15) is 0 Å². The van der Waals surface area contributed by atoms with Gasteiger partial charge in [0.05, 0.1) is 0 Å². The Morgan fingerprint density at radius 3 is 2.73 bits per heavy atom. The zero-order valence-corrected chi connectivity index (χ0v) is 14.8. The third-order valence-corrected chi connectivity index (χ3v) is 4.62. The molecule has 6 heteroatoms. The first-order chi connectivity index (χ1) is 12.9. The SMILES string of the molecule is C1=C(CCNc2cc(Nc3ccc4c(c3)OCCO4)ncn2)CCCC1. The molecule has 2 aromatic rings. The lowest BCUT2D eigenvalue weighted by Crippen LogP contribution is -2.15. The molecule has 26 heavy (non-hydrogen) atoms. The van der Waals surface area contributed by atoms with Crippen LogP contribution in [0, 0.1) is 0 Å². The molecule has 2 N–H and O–H groups in total. The summed E-state index contributed by atoms with van der Waals surface area (Å²) in [7, 11) is 0. The number of anilines is 3. The van der Waals surface area contributed by atoms with Crippen molar-refractivity contribution < 1.29 is 9.47 Å². The zero-order valence-electron chi connectivity index (χ0n) is 14.8. The number of hydrogen-bond acceptors (Lipinski definition) is 6. The van der Waals surface area contributed by atoms with Crippen LogP contribution in [-0.2, 0) is 0 Å². The van der Waals surface area contributed by atoms with E-state index in [-0.39, 0.29) is 0 Å². The van der Waals surface area contributed by atoms with E-state index in [0.717, 1.165) is 41.8 Å². The minimum atomic E-state index is 0.578. The fourth-order valence-electron chi connectivity index (χ4n) is 3.27. The summed E-state index contributed by atoms with van der Waals surface area (Å²) in [6.45, 7) is 2.07. The van der Waals surface area contributed by atoms with Crippen molar-refractivity contribution in [2.45, 2.75) is 32.1 Å². The van der Waals surface area contributed by atoms with Gasteiger partial charge in [-0.3, -0.25) is 0 Å². The molecule has 1 aromatic carbocycles. The van der Waals surface area contributed by atoms with E-state index >= 15 is 0 Å². The van der Waals surface area contributed by atoms with E-state index in [1.54, 1.807) is 11.9 Å². The van der Waals surface area contributed by atoms with Crippen LogP contribution in [0.2, 0.25) is 0 Å². The molecule has 2 heterocycles. The Bertz CT molecular complexity index is 791. The molecule has 0 bridgehead atoms.